The van der Waals surface area contributed by atoms with Gasteiger partial charge in [0.15, 0.2) is 5.06 Å². The van der Waals surface area contributed by atoms with E-state index in [1.54, 1.807) is 7.11 Å². The highest BCUT2D eigenvalue weighted by Crippen LogP contribution is 2.33. The Kier molecular flexibility index (Phi) is 4.87. The maximum atomic E-state index is 12.6. The molecule has 0 aliphatic carbocycles. The zero-order valence-corrected chi connectivity index (χ0v) is 15.9. The standard InChI is InChI=1S/C20H24N2O3S/c1-13-9-15-7-8-22(13)11-18(15)21-20(23)14-3-5-16(6-4-14)25-19-10-17(24-2)12-26-19/h3-6,10,12-13,15,18H,7-9,11H2,1-2H3,(H,21,23). The molecule has 3 aliphatic rings. The molecule has 5 rings (SSSR count). The van der Waals surface area contributed by atoms with Gasteiger partial charge in [0.2, 0.25) is 0 Å². The summed E-state index contributed by atoms with van der Waals surface area (Å²) in [6, 6.07) is 10.1. The molecule has 1 amide bonds. The van der Waals surface area contributed by atoms with Gasteiger partial charge in [0, 0.05) is 35.6 Å². The molecule has 1 aromatic carbocycles. The maximum absolute atomic E-state index is 12.6. The minimum absolute atomic E-state index is 0.000691. The van der Waals surface area contributed by atoms with E-state index in [1.165, 1.54) is 24.2 Å². The van der Waals surface area contributed by atoms with Gasteiger partial charge in [-0.15, -0.1) is 11.3 Å². The van der Waals surface area contributed by atoms with E-state index in [4.69, 9.17) is 9.47 Å². The van der Waals surface area contributed by atoms with Crippen LogP contribution >= 0.6 is 11.3 Å². The molecule has 3 fully saturated rings. The molecule has 6 heteroatoms. The van der Waals surface area contributed by atoms with Gasteiger partial charge in [-0.3, -0.25) is 9.69 Å². The first-order valence-corrected chi connectivity index (χ1v) is 9.95. The summed E-state index contributed by atoms with van der Waals surface area (Å²) in [6.07, 6.45) is 2.37. The summed E-state index contributed by atoms with van der Waals surface area (Å²) in [5.74, 6) is 2.10. The average molecular weight is 372 g/mol. The molecule has 4 unspecified atom stereocenters. The number of nitrogens with one attached hydrogen (secondary N) is 1. The first-order valence-electron chi connectivity index (χ1n) is 9.07. The van der Waals surface area contributed by atoms with Crippen molar-refractivity contribution in [2.75, 3.05) is 20.2 Å². The van der Waals surface area contributed by atoms with Crippen LogP contribution in [0.3, 0.4) is 0 Å². The van der Waals surface area contributed by atoms with Gasteiger partial charge in [0.05, 0.1) is 7.11 Å². The third-order valence-corrected chi connectivity index (χ3v) is 6.28. The van der Waals surface area contributed by atoms with Crippen LogP contribution in [0, 0.1) is 5.92 Å². The quantitative estimate of drug-likeness (QED) is 0.868. The summed E-state index contributed by atoms with van der Waals surface area (Å²) in [5.41, 5.74) is 0.672. The van der Waals surface area contributed by atoms with E-state index in [0.717, 1.165) is 23.9 Å². The van der Waals surface area contributed by atoms with Crippen molar-refractivity contribution < 1.29 is 14.3 Å². The molecule has 3 aliphatic heterocycles. The molecule has 0 spiro atoms. The minimum Gasteiger partial charge on any atom is -0.496 e. The van der Waals surface area contributed by atoms with Crippen LogP contribution in [0.15, 0.2) is 35.7 Å². The van der Waals surface area contributed by atoms with Crippen LogP contribution in [0.2, 0.25) is 0 Å². The topological polar surface area (TPSA) is 50.8 Å². The zero-order valence-electron chi connectivity index (χ0n) is 15.1. The monoisotopic (exact) mass is 372 g/mol. The largest absolute Gasteiger partial charge is 0.496 e. The number of thiophene rings is 1. The molecule has 0 saturated carbocycles. The van der Waals surface area contributed by atoms with Crippen LogP contribution in [0.4, 0.5) is 0 Å². The summed E-state index contributed by atoms with van der Waals surface area (Å²) < 4.78 is 11.0. The van der Waals surface area contributed by atoms with Crippen molar-refractivity contribution in [3.8, 4) is 16.6 Å². The lowest BCUT2D eigenvalue weighted by Crippen LogP contribution is -2.60. The van der Waals surface area contributed by atoms with Gasteiger partial charge < -0.3 is 14.8 Å². The van der Waals surface area contributed by atoms with E-state index in [1.807, 2.05) is 35.7 Å². The Labute approximate surface area is 157 Å². The fraction of sp³-hybridized carbons (Fsp3) is 0.450. The highest BCUT2D eigenvalue weighted by molar-refractivity contribution is 7.12. The second-order valence-corrected chi connectivity index (χ2v) is 8.01. The normalized spacial score (nSPS) is 27.2. The molecule has 26 heavy (non-hydrogen) atoms. The SMILES string of the molecule is COc1csc(Oc2ccc(C(=O)NC3CN4CCC3CC4C)cc2)c1. The lowest BCUT2D eigenvalue weighted by Gasteiger charge is -2.48. The Hall–Kier alpha value is -2.05. The number of carbonyl (C=O) groups is 1. The highest BCUT2D eigenvalue weighted by atomic mass is 32.1. The van der Waals surface area contributed by atoms with Crippen molar-refractivity contribution in [3.63, 3.8) is 0 Å². The number of nitrogens with zero attached hydrogens (tertiary/aromatic N) is 1. The van der Waals surface area contributed by atoms with E-state index < -0.39 is 0 Å². The van der Waals surface area contributed by atoms with Crippen LogP contribution in [0.1, 0.15) is 30.1 Å². The van der Waals surface area contributed by atoms with Crippen molar-refractivity contribution in [1.29, 1.82) is 0 Å². The number of carbonyl (C=O) groups excluding carboxylic acids is 1. The average Bonchev–Trinajstić information content (AvgIpc) is 3.11. The summed E-state index contributed by atoms with van der Waals surface area (Å²) in [7, 11) is 1.63. The maximum Gasteiger partial charge on any atom is 0.251 e. The lowest BCUT2D eigenvalue weighted by molar-refractivity contribution is 0.0274. The van der Waals surface area contributed by atoms with Crippen molar-refractivity contribution in [2.24, 2.45) is 5.92 Å². The Bertz CT molecular complexity index is 774. The molecular formula is C20H24N2O3S. The second-order valence-electron chi connectivity index (χ2n) is 7.14. The summed E-state index contributed by atoms with van der Waals surface area (Å²) in [4.78, 5) is 15.1. The van der Waals surface area contributed by atoms with E-state index in [2.05, 4.69) is 17.1 Å². The molecule has 138 valence electrons. The third-order valence-electron chi connectivity index (χ3n) is 5.49. The number of benzene rings is 1. The number of rotatable bonds is 5. The number of ether oxygens (including phenoxy) is 2. The summed E-state index contributed by atoms with van der Waals surface area (Å²) in [5, 5.41) is 5.89. The van der Waals surface area contributed by atoms with Crippen molar-refractivity contribution in [3.05, 3.63) is 41.3 Å². The molecule has 2 aromatic rings. The molecule has 5 nitrogen and oxygen atoms in total. The van der Waals surface area contributed by atoms with Gasteiger partial charge in [-0.1, -0.05) is 0 Å². The van der Waals surface area contributed by atoms with Gasteiger partial charge in [0.25, 0.3) is 5.91 Å². The van der Waals surface area contributed by atoms with E-state index in [0.29, 0.717) is 23.3 Å². The highest BCUT2D eigenvalue weighted by Gasteiger charge is 2.38. The van der Waals surface area contributed by atoms with Crippen LogP contribution in [0.25, 0.3) is 0 Å². The number of fused-ring (bicyclic) bond motifs is 3. The number of hydrogen-bond acceptors (Lipinski definition) is 5. The molecule has 0 radical (unpaired) electrons. The Morgan fingerprint density at radius 2 is 2.08 bits per heavy atom. The van der Waals surface area contributed by atoms with Gasteiger partial charge in [-0.05, 0) is 56.5 Å². The smallest absolute Gasteiger partial charge is 0.251 e. The Morgan fingerprint density at radius 3 is 2.69 bits per heavy atom. The predicted octanol–water partition coefficient (Wildman–Crippen LogP) is 3.76. The first kappa shape index (κ1) is 17.4. The first-order chi connectivity index (χ1) is 12.6. The van der Waals surface area contributed by atoms with Gasteiger partial charge >= 0.3 is 0 Å². The Morgan fingerprint density at radius 1 is 1.27 bits per heavy atom. The van der Waals surface area contributed by atoms with E-state index in [9.17, 15) is 4.79 Å². The lowest BCUT2D eigenvalue weighted by atomic mass is 9.80. The summed E-state index contributed by atoms with van der Waals surface area (Å²) >= 11 is 1.48. The molecule has 1 N–H and O–H groups in total. The molecule has 2 bridgehead atoms. The fourth-order valence-electron chi connectivity index (χ4n) is 3.96. The van der Waals surface area contributed by atoms with Gasteiger partial charge in [-0.25, -0.2) is 0 Å². The number of amides is 1. The van der Waals surface area contributed by atoms with Crippen LogP contribution in [-0.4, -0.2) is 43.1 Å². The Balaban J connectivity index is 1.36. The van der Waals surface area contributed by atoms with E-state index in [-0.39, 0.29) is 11.9 Å². The van der Waals surface area contributed by atoms with E-state index >= 15 is 0 Å². The number of methoxy groups -OCH3 is 1. The minimum atomic E-state index is 0.000691. The third kappa shape index (κ3) is 3.57. The molecular weight excluding hydrogens is 348 g/mol. The fourth-order valence-corrected chi connectivity index (χ4v) is 4.69. The second kappa shape index (κ2) is 7.29. The molecule has 4 atom stereocenters. The van der Waals surface area contributed by atoms with Crippen LogP contribution < -0.4 is 14.8 Å². The predicted molar refractivity (Wildman–Crippen MR) is 102 cm³/mol. The molecule has 4 heterocycles. The van der Waals surface area contributed by atoms with Crippen molar-refractivity contribution in [2.45, 2.75) is 31.8 Å². The number of piperidine rings is 3. The molecule has 1 aromatic heterocycles. The van der Waals surface area contributed by atoms with Gasteiger partial charge in [0.1, 0.15) is 11.5 Å². The zero-order chi connectivity index (χ0) is 18.1. The summed E-state index contributed by atoms with van der Waals surface area (Å²) in [6.45, 7) is 4.42. The van der Waals surface area contributed by atoms with Crippen LogP contribution in [0.5, 0.6) is 16.6 Å². The van der Waals surface area contributed by atoms with Crippen LogP contribution in [-0.2, 0) is 0 Å². The van der Waals surface area contributed by atoms with Crippen molar-refractivity contribution >= 4 is 17.2 Å². The molecule has 3 saturated heterocycles. The number of hydrogen-bond donors (Lipinski definition) is 1. The van der Waals surface area contributed by atoms with Crippen molar-refractivity contribution in [1.82, 2.24) is 10.2 Å². The van der Waals surface area contributed by atoms with Gasteiger partial charge in [-0.2, -0.15) is 0 Å².